The van der Waals surface area contributed by atoms with E-state index in [-0.39, 0.29) is 0 Å². The molecule has 5 heteroatoms. The van der Waals surface area contributed by atoms with Gasteiger partial charge < -0.3 is 15.0 Å². The van der Waals surface area contributed by atoms with Crippen molar-refractivity contribution in [3.8, 4) is 5.75 Å². The van der Waals surface area contributed by atoms with E-state index in [1.165, 1.54) is 51.6 Å². The van der Waals surface area contributed by atoms with E-state index < -0.39 is 0 Å². The second-order valence-electron chi connectivity index (χ2n) is 8.86. The van der Waals surface area contributed by atoms with Crippen molar-refractivity contribution in [2.75, 3.05) is 32.1 Å². The quantitative estimate of drug-likeness (QED) is 0.594. The Kier molecular flexibility index (Phi) is 5.06. The van der Waals surface area contributed by atoms with Gasteiger partial charge in [-0.3, -0.25) is 4.90 Å². The summed E-state index contributed by atoms with van der Waals surface area (Å²) in [7, 11) is 1.70. The van der Waals surface area contributed by atoms with Crippen LogP contribution in [0.15, 0.2) is 35.9 Å². The van der Waals surface area contributed by atoms with Crippen LogP contribution in [0.2, 0.25) is 0 Å². The van der Waals surface area contributed by atoms with Crippen LogP contribution in [-0.4, -0.2) is 53.7 Å². The fourth-order valence-electron chi connectivity index (χ4n) is 6.07. The number of benzene rings is 1. The maximum absolute atomic E-state index is 5.89. The lowest BCUT2D eigenvalue weighted by Crippen LogP contribution is -2.60. The minimum atomic E-state index is 0.492. The predicted molar refractivity (Wildman–Crippen MR) is 118 cm³/mol. The minimum Gasteiger partial charge on any atom is -0.497 e. The number of nitrogens with one attached hydrogen (secondary N) is 1. The van der Waals surface area contributed by atoms with Crippen LogP contribution < -0.4 is 10.1 Å². The van der Waals surface area contributed by atoms with Crippen molar-refractivity contribution < 1.29 is 4.74 Å². The summed E-state index contributed by atoms with van der Waals surface area (Å²) < 4.78 is 5.27. The monoisotopic (exact) mass is 397 g/mol. The van der Waals surface area contributed by atoms with E-state index in [9.17, 15) is 0 Å². The zero-order valence-electron chi connectivity index (χ0n) is 16.8. The number of hydrogen-bond acceptors (Lipinski definition) is 3. The Morgan fingerprint density at radius 3 is 2.82 bits per heavy atom. The van der Waals surface area contributed by atoms with Crippen molar-refractivity contribution in [2.45, 2.75) is 50.6 Å². The first-order valence-corrected chi connectivity index (χ1v) is 11.3. The average Bonchev–Trinajstić information content (AvgIpc) is 2.74. The summed E-state index contributed by atoms with van der Waals surface area (Å²) in [5.74, 6) is 2.36. The average molecular weight is 398 g/mol. The van der Waals surface area contributed by atoms with E-state index in [0.29, 0.717) is 6.04 Å². The van der Waals surface area contributed by atoms with Crippen molar-refractivity contribution in [2.24, 2.45) is 11.8 Å². The molecule has 28 heavy (non-hydrogen) atoms. The first-order valence-electron chi connectivity index (χ1n) is 10.9. The van der Waals surface area contributed by atoms with Gasteiger partial charge in [0.05, 0.1) is 13.2 Å². The summed E-state index contributed by atoms with van der Waals surface area (Å²) in [5.41, 5.74) is 2.70. The summed E-state index contributed by atoms with van der Waals surface area (Å²) in [6.45, 7) is 3.61. The van der Waals surface area contributed by atoms with Crippen LogP contribution in [0.5, 0.6) is 5.75 Å². The third-order valence-electron chi connectivity index (χ3n) is 7.26. The van der Waals surface area contributed by atoms with Gasteiger partial charge in [0.1, 0.15) is 5.75 Å². The molecular formula is C23H31N3OS. The number of methoxy groups -OCH3 is 1. The molecular weight excluding hydrogens is 366 g/mol. The first kappa shape index (κ1) is 18.4. The van der Waals surface area contributed by atoms with Crippen molar-refractivity contribution in [1.29, 1.82) is 0 Å². The van der Waals surface area contributed by atoms with Gasteiger partial charge in [0.2, 0.25) is 0 Å². The van der Waals surface area contributed by atoms with Crippen molar-refractivity contribution in [3.63, 3.8) is 0 Å². The maximum atomic E-state index is 5.89. The topological polar surface area (TPSA) is 27.7 Å². The van der Waals surface area contributed by atoms with Crippen LogP contribution in [0.1, 0.15) is 38.5 Å². The molecule has 0 aromatic heterocycles. The number of hydrogen-bond donors (Lipinski definition) is 1. The third kappa shape index (κ3) is 3.33. The molecule has 3 saturated heterocycles. The number of piperidine rings is 3. The molecule has 2 bridgehead atoms. The number of anilines is 1. The van der Waals surface area contributed by atoms with E-state index in [4.69, 9.17) is 17.0 Å². The molecule has 0 radical (unpaired) electrons. The van der Waals surface area contributed by atoms with Crippen LogP contribution in [0.3, 0.4) is 0 Å². The SMILES string of the molecule is COc1ccc(NC(=S)N2CCCC3=C[C@@H]4C[C@H](CN5CCCC[C@H]45)[C@@H]32)cc1. The number of fused-ring (bicyclic) bond motifs is 6. The molecule has 1 N–H and O–H groups in total. The Hall–Kier alpha value is -1.59. The summed E-state index contributed by atoms with van der Waals surface area (Å²) in [5, 5.41) is 4.36. The Morgan fingerprint density at radius 2 is 2.00 bits per heavy atom. The van der Waals surface area contributed by atoms with E-state index in [1.54, 1.807) is 12.7 Å². The first-order chi connectivity index (χ1) is 13.7. The molecule has 4 nitrogen and oxygen atoms in total. The molecule has 3 heterocycles. The molecule has 0 spiro atoms. The molecule has 4 atom stereocenters. The van der Waals surface area contributed by atoms with E-state index in [1.807, 2.05) is 24.3 Å². The molecule has 150 valence electrons. The molecule has 4 aliphatic rings. The van der Waals surface area contributed by atoms with Gasteiger partial charge in [-0.05, 0) is 87.0 Å². The Labute approximate surface area is 173 Å². The van der Waals surface area contributed by atoms with Crippen LogP contribution in [0.4, 0.5) is 5.69 Å². The lowest BCUT2D eigenvalue weighted by molar-refractivity contribution is 0.0132. The standard InChI is InChI=1S/C23H31N3OS/c1-27-20-9-7-19(8-10-20)24-23(28)26-12-4-5-16-13-17-14-18(22(16)26)15-25-11-3-2-6-21(17)25/h7-10,13,17-18,21-22H,2-6,11-12,14-15H2,1H3,(H,24,28)/t17-,18-,21-,22-/m1/s1. The van der Waals surface area contributed by atoms with Gasteiger partial charge in [-0.15, -0.1) is 0 Å². The Bertz CT molecular complexity index is 762. The van der Waals surface area contributed by atoms with E-state index >= 15 is 0 Å². The number of rotatable bonds is 2. The van der Waals surface area contributed by atoms with Gasteiger partial charge in [-0.2, -0.15) is 0 Å². The molecule has 0 unspecified atom stereocenters. The highest BCUT2D eigenvalue weighted by atomic mass is 32.1. The molecule has 3 aliphatic heterocycles. The van der Waals surface area contributed by atoms with Crippen LogP contribution >= 0.6 is 12.2 Å². The number of nitrogens with zero attached hydrogens (tertiary/aromatic N) is 2. The lowest BCUT2D eigenvalue weighted by Gasteiger charge is -2.55. The second kappa shape index (κ2) is 7.68. The number of thiocarbonyl (C=S) groups is 1. The van der Waals surface area contributed by atoms with Gasteiger partial charge in [0.15, 0.2) is 5.11 Å². The van der Waals surface area contributed by atoms with E-state index in [2.05, 4.69) is 21.2 Å². The second-order valence-corrected chi connectivity index (χ2v) is 9.25. The fraction of sp³-hybridized carbons (Fsp3) is 0.609. The summed E-state index contributed by atoms with van der Waals surface area (Å²) in [4.78, 5) is 5.28. The van der Waals surface area contributed by atoms with Gasteiger partial charge in [0.25, 0.3) is 0 Å². The highest BCUT2D eigenvalue weighted by molar-refractivity contribution is 7.80. The Balaban J connectivity index is 1.35. The lowest BCUT2D eigenvalue weighted by atomic mass is 9.68. The largest absolute Gasteiger partial charge is 0.497 e. The molecule has 1 aromatic carbocycles. The normalized spacial score (nSPS) is 32.0. The van der Waals surface area contributed by atoms with Crippen LogP contribution in [0, 0.1) is 11.8 Å². The predicted octanol–water partition coefficient (Wildman–Crippen LogP) is 4.29. The third-order valence-corrected chi connectivity index (χ3v) is 7.60. The highest BCUT2D eigenvalue weighted by Crippen LogP contribution is 2.45. The molecule has 0 amide bonds. The van der Waals surface area contributed by atoms with Crippen molar-refractivity contribution >= 4 is 23.0 Å². The summed E-state index contributed by atoms with van der Waals surface area (Å²) >= 11 is 5.89. The van der Waals surface area contributed by atoms with Gasteiger partial charge in [-0.1, -0.05) is 18.1 Å². The fourth-order valence-corrected chi connectivity index (χ4v) is 6.39. The smallest absolute Gasteiger partial charge is 0.173 e. The highest BCUT2D eigenvalue weighted by Gasteiger charge is 2.46. The number of likely N-dealkylation sites (tertiary alicyclic amines) is 1. The van der Waals surface area contributed by atoms with Crippen molar-refractivity contribution in [3.05, 3.63) is 35.9 Å². The Morgan fingerprint density at radius 1 is 1.14 bits per heavy atom. The molecule has 1 aromatic rings. The van der Waals surface area contributed by atoms with Gasteiger partial charge in [-0.25, -0.2) is 0 Å². The summed E-state index contributed by atoms with van der Waals surface area (Å²) in [6.07, 6.45) is 10.7. The minimum absolute atomic E-state index is 0.492. The molecule has 1 aliphatic carbocycles. The van der Waals surface area contributed by atoms with Gasteiger partial charge in [0, 0.05) is 24.8 Å². The van der Waals surface area contributed by atoms with Crippen molar-refractivity contribution in [1.82, 2.24) is 9.80 Å². The zero-order chi connectivity index (χ0) is 19.1. The van der Waals surface area contributed by atoms with Crippen LogP contribution in [0.25, 0.3) is 0 Å². The van der Waals surface area contributed by atoms with Gasteiger partial charge >= 0.3 is 0 Å². The molecule has 5 rings (SSSR count). The maximum Gasteiger partial charge on any atom is 0.173 e. The number of ether oxygens (including phenoxy) is 1. The van der Waals surface area contributed by atoms with Crippen LogP contribution in [-0.2, 0) is 0 Å². The molecule has 3 fully saturated rings. The summed E-state index contributed by atoms with van der Waals surface area (Å²) in [6, 6.07) is 9.35. The van der Waals surface area contributed by atoms with E-state index in [0.717, 1.165) is 41.0 Å². The zero-order valence-corrected chi connectivity index (χ0v) is 17.6. The molecule has 0 saturated carbocycles.